The Bertz CT molecular complexity index is 1180. The van der Waals surface area contributed by atoms with Crippen molar-refractivity contribution in [3.8, 4) is 0 Å². The number of carbonyl (C=O) groups excluding carboxylic acids is 1. The zero-order valence-corrected chi connectivity index (χ0v) is 18.5. The fourth-order valence-corrected chi connectivity index (χ4v) is 3.79. The maximum atomic E-state index is 14.5. The SMILES string of the molecule is CCc1cn2nc(CN3CCN(c4ccc(C(=O)NC)cc4F)CC3)cc2[nH]c1=O.O=CO. The number of fused-ring (bicyclic) bond motifs is 1. The normalized spacial score (nSPS) is 14.0. The van der Waals surface area contributed by atoms with Gasteiger partial charge in [-0.2, -0.15) is 5.10 Å². The highest BCUT2D eigenvalue weighted by atomic mass is 19.1. The van der Waals surface area contributed by atoms with Gasteiger partial charge in [0.15, 0.2) is 0 Å². The highest BCUT2D eigenvalue weighted by Crippen LogP contribution is 2.22. The summed E-state index contributed by atoms with van der Waals surface area (Å²) in [4.78, 5) is 39.1. The first kappa shape index (κ1) is 23.9. The zero-order chi connectivity index (χ0) is 24.0. The lowest BCUT2D eigenvalue weighted by atomic mass is 10.1. The maximum Gasteiger partial charge on any atom is 0.290 e. The van der Waals surface area contributed by atoms with Crippen LogP contribution in [0.3, 0.4) is 0 Å². The van der Waals surface area contributed by atoms with Gasteiger partial charge in [-0.25, -0.2) is 8.91 Å². The van der Waals surface area contributed by atoms with E-state index in [1.54, 1.807) is 22.8 Å². The quantitative estimate of drug-likeness (QED) is 0.490. The number of anilines is 1. The molecule has 3 aromatic rings. The first-order valence-electron chi connectivity index (χ1n) is 10.6. The predicted molar refractivity (Wildman–Crippen MR) is 121 cm³/mol. The number of aromatic nitrogens is 3. The molecule has 2 aromatic heterocycles. The Hall–Kier alpha value is -3.73. The molecule has 1 saturated heterocycles. The Kier molecular flexibility index (Phi) is 7.78. The van der Waals surface area contributed by atoms with Crippen molar-refractivity contribution in [3.05, 3.63) is 63.5 Å². The fraction of sp³-hybridized carbons (Fsp3) is 0.364. The smallest absolute Gasteiger partial charge is 0.290 e. The molecular formula is C22H27FN6O4. The molecule has 3 N–H and O–H groups in total. The number of carboxylic acid groups (broad SMARTS) is 1. The van der Waals surface area contributed by atoms with Crippen molar-refractivity contribution in [3.63, 3.8) is 0 Å². The van der Waals surface area contributed by atoms with Gasteiger partial charge in [-0.15, -0.1) is 0 Å². The van der Waals surface area contributed by atoms with Gasteiger partial charge in [0.1, 0.15) is 11.5 Å². The van der Waals surface area contributed by atoms with E-state index in [0.717, 1.165) is 18.8 Å². The molecule has 0 radical (unpaired) electrons. The number of rotatable bonds is 5. The third-order valence-corrected chi connectivity index (χ3v) is 5.51. The van der Waals surface area contributed by atoms with Crippen molar-refractivity contribution < 1.29 is 19.1 Å². The molecule has 1 amide bonds. The van der Waals surface area contributed by atoms with Gasteiger partial charge in [-0.1, -0.05) is 6.92 Å². The predicted octanol–water partition coefficient (Wildman–Crippen LogP) is 1.11. The van der Waals surface area contributed by atoms with Crippen molar-refractivity contribution in [2.75, 3.05) is 38.1 Å². The molecule has 0 unspecified atom stereocenters. The minimum absolute atomic E-state index is 0.0745. The Morgan fingerprint density at radius 1 is 1.27 bits per heavy atom. The van der Waals surface area contributed by atoms with Crippen molar-refractivity contribution in [1.82, 2.24) is 24.8 Å². The number of H-pyrrole nitrogens is 1. The zero-order valence-electron chi connectivity index (χ0n) is 18.5. The number of nitrogens with zero attached hydrogens (tertiary/aromatic N) is 4. The van der Waals surface area contributed by atoms with Gasteiger partial charge in [-0.3, -0.25) is 19.3 Å². The van der Waals surface area contributed by atoms with Gasteiger partial charge in [-0.05, 0) is 24.6 Å². The molecule has 0 bridgehead atoms. The van der Waals surface area contributed by atoms with Crippen LogP contribution in [0.1, 0.15) is 28.5 Å². The second-order valence-corrected chi connectivity index (χ2v) is 7.54. The summed E-state index contributed by atoms with van der Waals surface area (Å²) in [5.74, 6) is -0.689. The summed E-state index contributed by atoms with van der Waals surface area (Å²) in [6.45, 7) is 5.25. The van der Waals surface area contributed by atoms with Gasteiger partial charge < -0.3 is 20.3 Å². The van der Waals surface area contributed by atoms with E-state index in [1.165, 1.54) is 13.1 Å². The van der Waals surface area contributed by atoms with Gasteiger partial charge in [0.25, 0.3) is 17.9 Å². The molecule has 0 atom stereocenters. The third kappa shape index (κ3) is 5.55. The van der Waals surface area contributed by atoms with Crippen molar-refractivity contribution in [2.24, 2.45) is 0 Å². The third-order valence-electron chi connectivity index (χ3n) is 5.51. The van der Waals surface area contributed by atoms with E-state index in [1.807, 2.05) is 17.9 Å². The van der Waals surface area contributed by atoms with Crippen LogP contribution in [0, 0.1) is 5.82 Å². The molecule has 33 heavy (non-hydrogen) atoms. The summed E-state index contributed by atoms with van der Waals surface area (Å²) >= 11 is 0. The van der Waals surface area contributed by atoms with Crippen LogP contribution in [-0.2, 0) is 17.8 Å². The van der Waals surface area contributed by atoms with E-state index in [0.29, 0.717) is 48.5 Å². The number of hydrogen-bond donors (Lipinski definition) is 3. The molecule has 3 heterocycles. The molecule has 4 rings (SSSR count). The number of aromatic amines is 1. The fourth-order valence-electron chi connectivity index (χ4n) is 3.79. The molecule has 1 aliphatic rings. The standard InChI is InChI=1S/C21H25FN6O2.CH2O2/c1-3-14-12-28-19(24-21(14)30)11-16(25-28)13-26-6-8-27(9-7-26)18-5-4-15(10-17(18)22)20(29)23-2;2-1-3/h4-5,10-12H,3,6-9,13H2,1-2H3,(H,23,29)(H,24,30);1H,(H,2,3). The largest absolute Gasteiger partial charge is 0.483 e. The van der Waals surface area contributed by atoms with Crippen LogP contribution in [0.15, 0.2) is 35.3 Å². The first-order chi connectivity index (χ1) is 15.9. The van der Waals surface area contributed by atoms with Crippen LogP contribution < -0.4 is 15.8 Å². The van der Waals surface area contributed by atoms with Crippen LogP contribution in [0.25, 0.3) is 5.65 Å². The van der Waals surface area contributed by atoms with E-state index in [-0.39, 0.29) is 23.8 Å². The highest BCUT2D eigenvalue weighted by molar-refractivity contribution is 5.94. The molecule has 0 saturated carbocycles. The lowest BCUT2D eigenvalue weighted by Gasteiger charge is -2.35. The summed E-state index contributed by atoms with van der Waals surface area (Å²) in [6, 6.07) is 6.48. The number of benzene rings is 1. The molecule has 1 aromatic carbocycles. The van der Waals surface area contributed by atoms with Gasteiger partial charge >= 0.3 is 0 Å². The van der Waals surface area contributed by atoms with E-state index in [9.17, 15) is 14.0 Å². The van der Waals surface area contributed by atoms with Crippen LogP contribution in [0.5, 0.6) is 0 Å². The highest BCUT2D eigenvalue weighted by Gasteiger charge is 2.21. The number of aryl methyl sites for hydroxylation is 1. The second kappa shape index (κ2) is 10.7. The minimum atomic E-state index is -0.388. The molecule has 1 fully saturated rings. The lowest BCUT2D eigenvalue weighted by molar-refractivity contribution is -0.122. The van der Waals surface area contributed by atoms with Crippen LogP contribution >= 0.6 is 0 Å². The molecule has 1 aliphatic heterocycles. The van der Waals surface area contributed by atoms with Gasteiger partial charge in [0, 0.05) is 63.2 Å². The van der Waals surface area contributed by atoms with E-state index in [4.69, 9.17) is 9.90 Å². The summed E-state index contributed by atoms with van der Waals surface area (Å²) in [5, 5.41) is 14.0. The minimum Gasteiger partial charge on any atom is -0.483 e. The average Bonchev–Trinajstić information content (AvgIpc) is 3.19. The summed E-state index contributed by atoms with van der Waals surface area (Å²) in [5.41, 5.74) is 3.02. The number of piperazine rings is 1. The Labute approximate surface area is 189 Å². The lowest BCUT2D eigenvalue weighted by Crippen LogP contribution is -2.46. The van der Waals surface area contributed by atoms with Gasteiger partial charge in [0.2, 0.25) is 0 Å². The molecular weight excluding hydrogens is 431 g/mol. The Morgan fingerprint density at radius 2 is 1.97 bits per heavy atom. The number of carbonyl (C=O) groups is 2. The van der Waals surface area contributed by atoms with E-state index < -0.39 is 0 Å². The number of nitrogens with one attached hydrogen (secondary N) is 2. The van der Waals surface area contributed by atoms with Crippen molar-refractivity contribution in [2.45, 2.75) is 19.9 Å². The first-order valence-corrected chi connectivity index (χ1v) is 10.6. The number of halogens is 1. The Balaban J connectivity index is 0.000000968. The second-order valence-electron chi connectivity index (χ2n) is 7.54. The topological polar surface area (TPSA) is 123 Å². The van der Waals surface area contributed by atoms with Gasteiger partial charge in [0.05, 0.1) is 11.4 Å². The summed E-state index contributed by atoms with van der Waals surface area (Å²) < 4.78 is 16.2. The summed E-state index contributed by atoms with van der Waals surface area (Å²) in [7, 11) is 1.52. The molecule has 0 aliphatic carbocycles. The number of hydrogen-bond acceptors (Lipinski definition) is 6. The number of amides is 1. The van der Waals surface area contributed by atoms with E-state index in [2.05, 4.69) is 20.3 Å². The Morgan fingerprint density at radius 3 is 2.58 bits per heavy atom. The van der Waals surface area contributed by atoms with Crippen LogP contribution in [-0.4, -0.2) is 70.2 Å². The van der Waals surface area contributed by atoms with Crippen LogP contribution in [0.2, 0.25) is 0 Å². The molecule has 10 nitrogen and oxygen atoms in total. The molecule has 176 valence electrons. The van der Waals surface area contributed by atoms with Crippen LogP contribution in [0.4, 0.5) is 10.1 Å². The summed E-state index contributed by atoms with van der Waals surface area (Å²) in [6.07, 6.45) is 2.43. The molecule has 11 heteroatoms. The monoisotopic (exact) mass is 458 g/mol. The maximum absolute atomic E-state index is 14.5. The average molecular weight is 458 g/mol. The van der Waals surface area contributed by atoms with Crippen molar-refractivity contribution >= 4 is 23.7 Å². The molecule has 0 spiro atoms. The van der Waals surface area contributed by atoms with E-state index >= 15 is 0 Å². The van der Waals surface area contributed by atoms with Crippen molar-refractivity contribution in [1.29, 1.82) is 0 Å².